The lowest BCUT2D eigenvalue weighted by Crippen LogP contribution is -2.49. The molecular weight excluding hydrogens is 411 g/mol. The van der Waals surface area contributed by atoms with E-state index in [1.165, 1.54) is 12.6 Å². The topological polar surface area (TPSA) is 112 Å². The fraction of sp³-hybridized carbons (Fsp3) is 0.500. The zero-order valence-electron chi connectivity index (χ0n) is 17.9. The SMILES string of the molecule is O=C(N[C@@H]1CCC[C@H](Nc2nc(-c3n[nH]c4ncccc34)ncc2F)C1)N1CCCCC1. The lowest BCUT2D eigenvalue weighted by atomic mass is 9.91. The van der Waals surface area contributed by atoms with E-state index in [4.69, 9.17) is 0 Å². The highest BCUT2D eigenvalue weighted by Gasteiger charge is 2.27. The third-order valence-electron chi connectivity index (χ3n) is 6.28. The van der Waals surface area contributed by atoms with Crippen molar-refractivity contribution in [2.75, 3.05) is 18.4 Å². The number of H-pyrrole nitrogens is 1. The van der Waals surface area contributed by atoms with Gasteiger partial charge in [-0.05, 0) is 57.1 Å². The maximum Gasteiger partial charge on any atom is 0.317 e. The lowest BCUT2D eigenvalue weighted by molar-refractivity contribution is 0.178. The summed E-state index contributed by atoms with van der Waals surface area (Å²) in [5, 5.41) is 14.3. The van der Waals surface area contributed by atoms with Crippen molar-refractivity contribution in [3.63, 3.8) is 0 Å². The third kappa shape index (κ3) is 4.35. The fourth-order valence-corrected chi connectivity index (χ4v) is 4.62. The summed E-state index contributed by atoms with van der Waals surface area (Å²) >= 11 is 0. The monoisotopic (exact) mass is 438 g/mol. The molecule has 4 heterocycles. The van der Waals surface area contributed by atoms with E-state index >= 15 is 0 Å². The van der Waals surface area contributed by atoms with Crippen molar-refractivity contribution in [2.45, 2.75) is 57.0 Å². The van der Waals surface area contributed by atoms with E-state index in [0.29, 0.717) is 17.2 Å². The van der Waals surface area contributed by atoms with E-state index in [0.717, 1.165) is 57.0 Å². The Morgan fingerprint density at radius 1 is 1.12 bits per heavy atom. The molecule has 0 aromatic carbocycles. The number of hydrogen-bond donors (Lipinski definition) is 3. The van der Waals surface area contributed by atoms with Gasteiger partial charge in [0.25, 0.3) is 0 Å². The number of likely N-dealkylation sites (tertiary alicyclic amines) is 1. The number of pyridine rings is 1. The standard InChI is InChI=1S/C22H27FN8O/c23-17-13-25-21(18-16-8-5-9-24-19(16)30-29-18)28-20(17)26-14-6-4-7-15(12-14)27-22(32)31-10-2-1-3-11-31/h5,8-9,13-15H,1-4,6-7,10-12H2,(H,27,32)(H,24,29,30)(H,25,26,28)/t14-,15+/m0/s1. The molecule has 3 aromatic heterocycles. The maximum absolute atomic E-state index is 14.5. The lowest BCUT2D eigenvalue weighted by Gasteiger charge is -2.33. The first kappa shape index (κ1) is 20.6. The zero-order valence-corrected chi connectivity index (χ0v) is 17.9. The molecule has 2 aliphatic rings. The van der Waals surface area contributed by atoms with Crippen LogP contribution in [0.1, 0.15) is 44.9 Å². The number of nitrogens with one attached hydrogen (secondary N) is 3. The average molecular weight is 439 g/mol. The summed E-state index contributed by atoms with van der Waals surface area (Å²) in [5.41, 5.74) is 1.16. The fourth-order valence-electron chi connectivity index (χ4n) is 4.62. The van der Waals surface area contributed by atoms with Gasteiger partial charge in [0.15, 0.2) is 23.1 Å². The van der Waals surface area contributed by atoms with Crippen molar-refractivity contribution in [3.8, 4) is 11.5 Å². The van der Waals surface area contributed by atoms with Crippen LogP contribution in [0.3, 0.4) is 0 Å². The zero-order chi connectivity index (χ0) is 21.9. The van der Waals surface area contributed by atoms with Crippen LogP contribution in [0.5, 0.6) is 0 Å². The first-order chi connectivity index (χ1) is 15.7. The third-order valence-corrected chi connectivity index (χ3v) is 6.28. The molecule has 9 nitrogen and oxygen atoms in total. The summed E-state index contributed by atoms with van der Waals surface area (Å²) in [6.07, 6.45) is 9.68. The van der Waals surface area contributed by atoms with Crippen molar-refractivity contribution in [1.29, 1.82) is 0 Å². The van der Waals surface area contributed by atoms with Crippen LogP contribution in [0.25, 0.3) is 22.6 Å². The van der Waals surface area contributed by atoms with Crippen molar-refractivity contribution < 1.29 is 9.18 Å². The van der Waals surface area contributed by atoms with Crippen LogP contribution < -0.4 is 10.6 Å². The van der Waals surface area contributed by atoms with E-state index in [1.807, 2.05) is 17.0 Å². The number of halogens is 1. The summed E-state index contributed by atoms with van der Waals surface area (Å²) in [5.74, 6) is -0.0202. The van der Waals surface area contributed by atoms with Gasteiger partial charge in [0.05, 0.1) is 11.6 Å². The summed E-state index contributed by atoms with van der Waals surface area (Å²) in [4.78, 5) is 27.2. The van der Waals surface area contributed by atoms with Crippen LogP contribution in [0.2, 0.25) is 0 Å². The number of carbonyl (C=O) groups excluding carboxylic acids is 1. The molecule has 10 heteroatoms. The molecule has 2 amide bonds. The van der Waals surface area contributed by atoms with Crippen LogP contribution in [0.4, 0.5) is 15.0 Å². The second kappa shape index (κ2) is 9.05. The Morgan fingerprint density at radius 2 is 1.97 bits per heavy atom. The molecule has 0 bridgehead atoms. The summed E-state index contributed by atoms with van der Waals surface area (Å²) in [6, 6.07) is 3.79. The first-order valence-corrected chi connectivity index (χ1v) is 11.3. The molecule has 0 radical (unpaired) electrons. The van der Waals surface area contributed by atoms with Crippen molar-refractivity contribution in [1.82, 2.24) is 35.4 Å². The molecule has 2 atom stereocenters. The van der Waals surface area contributed by atoms with Crippen LogP contribution in [-0.2, 0) is 0 Å². The highest BCUT2D eigenvalue weighted by Crippen LogP contribution is 2.26. The van der Waals surface area contributed by atoms with Gasteiger partial charge in [0, 0.05) is 31.4 Å². The molecule has 0 unspecified atom stereocenters. The normalized spacial score (nSPS) is 21.5. The van der Waals surface area contributed by atoms with Crippen molar-refractivity contribution in [3.05, 3.63) is 30.3 Å². The number of nitrogens with zero attached hydrogens (tertiary/aromatic N) is 5. The average Bonchev–Trinajstić information content (AvgIpc) is 3.26. The molecule has 5 rings (SSSR count). The summed E-state index contributed by atoms with van der Waals surface area (Å²) in [7, 11) is 0. The summed E-state index contributed by atoms with van der Waals surface area (Å²) < 4.78 is 14.5. The Bertz CT molecular complexity index is 1100. The van der Waals surface area contributed by atoms with Gasteiger partial charge >= 0.3 is 6.03 Å². The predicted molar refractivity (Wildman–Crippen MR) is 118 cm³/mol. The molecule has 0 spiro atoms. The highest BCUT2D eigenvalue weighted by molar-refractivity contribution is 5.88. The molecular formula is C22H27FN8O. The smallest absolute Gasteiger partial charge is 0.317 e. The minimum atomic E-state index is -0.508. The quantitative estimate of drug-likeness (QED) is 0.575. The van der Waals surface area contributed by atoms with E-state index in [9.17, 15) is 9.18 Å². The Labute approximate surface area is 185 Å². The molecule has 1 aliphatic carbocycles. The van der Waals surface area contributed by atoms with Gasteiger partial charge < -0.3 is 15.5 Å². The van der Waals surface area contributed by atoms with Gasteiger partial charge in [0.2, 0.25) is 0 Å². The van der Waals surface area contributed by atoms with Crippen LogP contribution in [0.15, 0.2) is 24.5 Å². The van der Waals surface area contributed by atoms with Gasteiger partial charge in [-0.3, -0.25) is 5.10 Å². The maximum atomic E-state index is 14.5. The van der Waals surface area contributed by atoms with Gasteiger partial charge in [-0.1, -0.05) is 0 Å². The van der Waals surface area contributed by atoms with Gasteiger partial charge in [0.1, 0.15) is 5.69 Å². The van der Waals surface area contributed by atoms with E-state index < -0.39 is 5.82 Å². The van der Waals surface area contributed by atoms with Gasteiger partial charge in [-0.25, -0.2) is 24.1 Å². The number of fused-ring (bicyclic) bond motifs is 1. The number of aromatic amines is 1. The van der Waals surface area contributed by atoms with Crippen LogP contribution in [0, 0.1) is 5.82 Å². The van der Waals surface area contributed by atoms with E-state index in [2.05, 4.69) is 35.8 Å². The second-order valence-corrected chi connectivity index (χ2v) is 8.56. The molecule has 1 saturated heterocycles. The number of carbonyl (C=O) groups is 1. The van der Waals surface area contributed by atoms with Crippen molar-refractivity contribution >= 4 is 22.9 Å². The molecule has 2 fully saturated rings. The highest BCUT2D eigenvalue weighted by atomic mass is 19.1. The van der Waals surface area contributed by atoms with E-state index in [1.54, 1.807) is 6.20 Å². The van der Waals surface area contributed by atoms with E-state index in [-0.39, 0.29) is 23.9 Å². The molecule has 32 heavy (non-hydrogen) atoms. The number of aromatic nitrogens is 5. The van der Waals surface area contributed by atoms with Gasteiger partial charge in [-0.15, -0.1) is 0 Å². The predicted octanol–water partition coefficient (Wildman–Crippen LogP) is 3.47. The number of urea groups is 1. The molecule has 1 saturated carbocycles. The van der Waals surface area contributed by atoms with Crippen molar-refractivity contribution in [2.24, 2.45) is 0 Å². The number of anilines is 1. The summed E-state index contributed by atoms with van der Waals surface area (Å²) in [6.45, 7) is 1.65. The minimum absolute atomic E-state index is 0.0184. The number of amides is 2. The number of hydrogen-bond acceptors (Lipinski definition) is 6. The van der Waals surface area contributed by atoms with Crippen LogP contribution in [-0.4, -0.2) is 61.3 Å². The Kier molecular flexibility index (Phi) is 5.83. The molecule has 168 valence electrons. The Morgan fingerprint density at radius 3 is 2.84 bits per heavy atom. The number of piperidine rings is 1. The van der Waals surface area contributed by atoms with Gasteiger partial charge in [-0.2, -0.15) is 5.10 Å². The van der Waals surface area contributed by atoms with Crippen LogP contribution >= 0.6 is 0 Å². The second-order valence-electron chi connectivity index (χ2n) is 8.56. The molecule has 1 aliphatic heterocycles. The first-order valence-electron chi connectivity index (χ1n) is 11.3. The molecule has 3 aromatic rings. The number of rotatable bonds is 4. The largest absolute Gasteiger partial charge is 0.365 e. The minimum Gasteiger partial charge on any atom is -0.365 e. The Balaban J connectivity index is 1.27. The Hall–Kier alpha value is -3.30. The molecule has 3 N–H and O–H groups in total.